The Kier molecular flexibility index (Phi) is 2.70. The van der Waals surface area contributed by atoms with Gasteiger partial charge >= 0.3 is 0 Å². The monoisotopic (exact) mass is 207 g/mol. The first kappa shape index (κ1) is 10.1. The fraction of sp³-hybridized carbons (Fsp3) is 0.600. The van der Waals surface area contributed by atoms with Crippen LogP contribution in [0.1, 0.15) is 24.6 Å². The Labute approximate surface area is 89.1 Å². The third-order valence-electron chi connectivity index (χ3n) is 2.96. The van der Waals surface area contributed by atoms with Gasteiger partial charge in [0, 0.05) is 33.0 Å². The molecule has 5 heteroatoms. The van der Waals surface area contributed by atoms with Crippen molar-refractivity contribution in [3.63, 3.8) is 0 Å². The summed E-state index contributed by atoms with van der Waals surface area (Å²) >= 11 is 0. The SMILES string of the molecule is [CH2]C(=O)N1CCC(c2nncn2C)CC1. The van der Waals surface area contributed by atoms with E-state index in [0.717, 1.165) is 31.8 Å². The molecule has 15 heavy (non-hydrogen) atoms. The minimum Gasteiger partial charge on any atom is -0.343 e. The van der Waals surface area contributed by atoms with E-state index in [1.807, 2.05) is 11.6 Å². The topological polar surface area (TPSA) is 51.0 Å². The number of rotatable bonds is 1. The Morgan fingerprint density at radius 1 is 1.53 bits per heavy atom. The molecule has 0 unspecified atom stereocenters. The van der Waals surface area contributed by atoms with E-state index in [1.54, 1.807) is 11.2 Å². The number of carbonyl (C=O) groups excluding carboxylic acids is 1. The second-order valence-electron chi connectivity index (χ2n) is 3.96. The van der Waals surface area contributed by atoms with Crippen molar-refractivity contribution in [2.75, 3.05) is 13.1 Å². The van der Waals surface area contributed by atoms with Crippen LogP contribution in [0, 0.1) is 6.92 Å². The van der Waals surface area contributed by atoms with Crippen molar-refractivity contribution in [1.82, 2.24) is 19.7 Å². The van der Waals surface area contributed by atoms with Crippen LogP contribution in [0.5, 0.6) is 0 Å². The summed E-state index contributed by atoms with van der Waals surface area (Å²) in [6.07, 6.45) is 3.62. The zero-order valence-electron chi connectivity index (χ0n) is 8.89. The van der Waals surface area contributed by atoms with Crippen LogP contribution in [0.15, 0.2) is 6.33 Å². The molecule has 1 saturated heterocycles. The van der Waals surface area contributed by atoms with Crippen LogP contribution >= 0.6 is 0 Å². The fourth-order valence-corrected chi connectivity index (χ4v) is 2.05. The van der Waals surface area contributed by atoms with Crippen LogP contribution in [0.4, 0.5) is 0 Å². The van der Waals surface area contributed by atoms with E-state index >= 15 is 0 Å². The molecule has 1 amide bonds. The normalized spacial score (nSPS) is 18.1. The van der Waals surface area contributed by atoms with Gasteiger partial charge < -0.3 is 9.47 Å². The largest absolute Gasteiger partial charge is 0.343 e. The maximum atomic E-state index is 11.0. The maximum Gasteiger partial charge on any atom is 0.223 e. The molecule has 5 nitrogen and oxygen atoms in total. The van der Waals surface area contributed by atoms with E-state index in [1.165, 1.54) is 0 Å². The van der Waals surface area contributed by atoms with Gasteiger partial charge in [-0.2, -0.15) is 0 Å². The van der Waals surface area contributed by atoms with Gasteiger partial charge in [-0.1, -0.05) is 0 Å². The van der Waals surface area contributed by atoms with Crippen molar-refractivity contribution in [2.45, 2.75) is 18.8 Å². The summed E-state index contributed by atoms with van der Waals surface area (Å²) in [5.74, 6) is 1.37. The van der Waals surface area contributed by atoms with E-state index in [-0.39, 0.29) is 5.91 Å². The molecule has 1 aliphatic rings. The number of aromatic nitrogens is 3. The number of amides is 1. The van der Waals surface area contributed by atoms with Gasteiger partial charge in [0.15, 0.2) is 0 Å². The molecule has 2 rings (SSSR count). The highest BCUT2D eigenvalue weighted by atomic mass is 16.2. The average molecular weight is 207 g/mol. The third kappa shape index (κ3) is 2.00. The Morgan fingerprint density at radius 2 is 2.20 bits per heavy atom. The maximum absolute atomic E-state index is 11.0. The van der Waals surface area contributed by atoms with Gasteiger partial charge in [0.05, 0.1) is 0 Å². The molecule has 81 valence electrons. The van der Waals surface area contributed by atoms with Crippen LogP contribution < -0.4 is 0 Å². The minimum absolute atomic E-state index is 0.0774. The van der Waals surface area contributed by atoms with Gasteiger partial charge in [-0.15, -0.1) is 10.2 Å². The Bertz CT molecular complexity index is 352. The van der Waals surface area contributed by atoms with Gasteiger partial charge in [0.25, 0.3) is 0 Å². The quantitative estimate of drug-likeness (QED) is 0.668. The number of hydrogen-bond acceptors (Lipinski definition) is 3. The number of carbonyl (C=O) groups is 1. The number of likely N-dealkylation sites (tertiary alicyclic amines) is 1. The summed E-state index contributed by atoms with van der Waals surface area (Å²) in [6.45, 7) is 4.98. The van der Waals surface area contributed by atoms with E-state index in [0.29, 0.717) is 5.92 Å². The third-order valence-corrected chi connectivity index (χ3v) is 2.96. The van der Waals surface area contributed by atoms with Crippen molar-refractivity contribution in [1.29, 1.82) is 0 Å². The van der Waals surface area contributed by atoms with Gasteiger partial charge in [-0.25, -0.2) is 0 Å². The molecule has 0 aliphatic carbocycles. The molecule has 1 aromatic rings. The molecule has 1 aliphatic heterocycles. The van der Waals surface area contributed by atoms with E-state index in [4.69, 9.17) is 0 Å². The van der Waals surface area contributed by atoms with Crippen LogP contribution in [-0.4, -0.2) is 38.7 Å². The predicted octanol–water partition coefficient (Wildman–Crippen LogP) is 0.355. The lowest BCUT2D eigenvalue weighted by Gasteiger charge is -2.30. The van der Waals surface area contributed by atoms with Crippen molar-refractivity contribution < 1.29 is 4.79 Å². The fourth-order valence-electron chi connectivity index (χ4n) is 2.05. The van der Waals surface area contributed by atoms with Gasteiger partial charge in [-0.3, -0.25) is 4.79 Å². The second-order valence-corrected chi connectivity index (χ2v) is 3.96. The van der Waals surface area contributed by atoms with Crippen molar-refractivity contribution in [2.24, 2.45) is 7.05 Å². The molecule has 0 spiro atoms. The number of piperidine rings is 1. The summed E-state index contributed by atoms with van der Waals surface area (Å²) in [4.78, 5) is 12.8. The van der Waals surface area contributed by atoms with Gasteiger partial charge in [0.2, 0.25) is 5.91 Å². The highest BCUT2D eigenvalue weighted by Gasteiger charge is 2.24. The van der Waals surface area contributed by atoms with Crippen molar-refractivity contribution in [3.8, 4) is 0 Å². The van der Waals surface area contributed by atoms with E-state index < -0.39 is 0 Å². The molecule has 1 radical (unpaired) electrons. The lowest BCUT2D eigenvalue weighted by Crippen LogP contribution is -2.36. The zero-order chi connectivity index (χ0) is 10.8. The number of nitrogens with zero attached hydrogens (tertiary/aromatic N) is 4. The van der Waals surface area contributed by atoms with Crippen LogP contribution in [0.25, 0.3) is 0 Å². The van der Waals surface area contributed by atoms with E-state index in [9.17, 15) is 4.79 Å². The zero-order valence-corrected chi connectivity index (χ0v) is 8.89. The summed E-state index contributed by atoms with van der Waals surface area (Å²) in [5, 5.41) is 7.97. The molecule has 0 N–H and O–H groups in total. The molecule has 0 saturated carbocycles. The lowest BCUT2D eigenvalue weighted by atomic mass is 9.96. The van der Waals surface area contributed by atoms with Crippen LogP contribution in [0.2, 0.25) is 0 Å². The molecule has 0 bridgehead atoms. The molecule has 1 aromatic heterocycles. The first-order chi connectivity index (χ1) is 7.18. The highest BCUT2D eigenvalue weighted by molar-refractivity contribution is 5.80. The molecule has 0 aromatic carbocycles. The first-order valence-corrected chi connectivity index (χ1v) is 5.13. The Morgan fingerprint density at radius 3 is 2.67 bits per heavy atom. The molecule has 1 fully saturated rings. The number of aryl methyl sites for hydroxylation is 1. The summed E-state index contributed by atoms with van der Waals surface area (Å²) in [5.41, 5.74) is 0. The average Bonchev–Trinajstić information content (AvgIpc) is 2.65. The molecular weight excluding hydrogens is 192 g/mol. The van der Waals surface area contributed by atoms with Crippen molar-refractivity contribution in [3.05, 3.63) is 19.1 Å². The minimum atomic E-state index is -0.0774. The van der Waals surface area contributed by atoms with Crippen LogP contribution in [-0.2, 0) is 11.8 Å². The van der Waals surface area contributed by atoms with E-state index in [2.05, 4.69) is 17.1 Å². The smallest absolute Gasteiger partial charge is 0.223 e. The van der Waals surface area contributed by atoms with Crippen LogP contribution in [0.3, 0.4) is 0 Å². The standard InChI is InChI=1S/C10H15N4O/c1-8(15)14-5-3-9(4-6-14)10-12-11-7-13(10)2/h7,9H,1,3-6H2,2H3. The molecular formula is C10H15N4O. The van der Waals surface area contributed by atoms with Crippen molar-refractivity contribution >= 4 is 5.91 Å². The first-order valence-electron chi connectivity index (χ1n) is 5.13. The summed E-state index contributed by atoms with van der Waals surface area (Å²) in [6, 6.07) is 0. The van der Waals surface area contributed by atoms with Gasteiger partial charge in [0.1, 0.15) is 12.2 Å². The lowest BCUT2D eigenvalue weighted by molar-refractivity contribution is -0.127. The van der Waals surface area contributed by atoms with Gasteiger partial charge in [-0.05, 0) is 12.8 Å². The second kappa shape index (κ2) is 4.00. The highest BCUT2D eigenvalue weighted by Crippen LogP contribution is 2.25. The molecule has 2 heterocycles. The number of hydrogen-bond donors (Lipinski definition) is 0. The predicted molar refractivity (Wildman–Crippen MR) is 54.9 cm³/mol. The Balaban J connectivity index is 2.00. The summed E-state index contributed by atoms with van der Waals surface area (Å²) < 4.78 is 1.95. The Hall–Kier alpha value is -1.39. The molecule has 0 atom stereocenters. The summed E-state index contributed by atoms with van der Waals surface area (Å²) in [7, 11) is 1.95.